The van der Waals surface area contributed by atoms with E-state index in [0.29, 0.717) is 5.95 Å². The van der Waals surface area contributed by atoms with Crippen molar-refractivity contribution in [3.63, 3.8) is 0 Å². The molecule has 26 heavy (non-hydrogen) atoms. The van der Waals surface area contributed by atoms with Crippen LogP contribution < -0.4 is 15.4 Å². The van der Waals surface area contributed by atoms with Crippen molar-refractivity contribution in [3.8, 4) is 5.75 Å². The third-order valence-electron chi connectivity index (χ3n) is 4.15. The summed E-state index contributed by atoms with van der Waals surface area (Å²) in [6.45, 7) is 4.92. The number of aryl methyl sites for hydroxylation is 2. The number of anilines is 3. The second-order valence-electron chi connectivity index (χ2n) is 6.24. The van der Waals surface area contributed by atoms with Gasteiger partial charge >= 0.3 is 0 Å². The van der Waals surface area contributed by atoms with Gasteiger partial charge in [0.15, 0.2) is 0 Å². The molecule has 0 spiro atoms. The van der Waals surface area contributed by atoms with Crippen molar-refractivity contribution in [1.82, 2.24) is 9.97 Å². The highest BCUT2D eigenvalue weighted by Gasteiger charge is 2.03. The minimum Gasteiger partial charge on any atom is -0.497 e. The number of ether oxygens (including phenoxy) is 1. The van der Waals surface area contributed by atoms with Crippen molar-refractivity contribution in [2.45, 2.75) is 20.3 Å². The molecule has 2 N–H and O–H groups in total. The minimum atomic E-state index is 0.588. The second kappa shape index (κ2) is 8.34. The van der Waals surface area contributed by atoms with Crippen molar-refractivity contribution in [3.05, 3.63) is 71.4 Å². The Hall–Kier alpha value is -3.08. The molecule has 0 radical (unpaired) electrons. The predicted octanol–water partition coefficient (Wildman–Crippen LogP) is 4.50. The molecule has 0 aliphatic carbocycles. The van der Waals surface area contributed by atoms with Gasteiger partial charge < -0.3 is 15.4 Å². The van der Waals surface area contributed by atoms with Gasteiger partial charge in [-0.2, -0.15) is 4.98 Å². The summed E-state index contributed by atoms with van der Waals surface area (Å²) in [5, 5.41) is 6.65. The van der Waals surface area contributed by atoms with Crippen LogP contribution in [0, 0.1) is 13.8 Å². The SMILES string of the molecule is COc1cccc(CCNc2ccnc(Nc3cc(C)ccc3C)n2)c1. The Morgan fingerprint density at radius 2 is 1.92 bits per heavy atom. The highest BCUT2D eigenvalue weighted by Crippen LogP contribution is 2.20. The third-order valence-corrected chi connectivity index (χ3v) is 4.15. The smallest absolute Gasteiger partial charge is 0.229 e. The monoisotopic (exact) mass is 348 g/mol. The van der Waals surface area contributed by atoms with Crippen molar-refractivity contribution in [2.75, 3.05) is 24.3 Å². The molecule has 0 saturated carbocycles. The summed E-state index contributed by atoms with van der Waals surface area (Å²) >= 11 is 0. The molecular weight excluding hydrogens is 324 g/mol. The highest BCUT2D eigenvalue weighted by atomic mass is 16.5. The largest absolute Gasteiger partial charge is 0.497 e. The lowest BCUT2D eigenvalue weighted by Crippen LogP contribution is -2.08. The van der Waals surface area contributed by atoms with Gasteiger partial charge in [-0.15, -0.1) is 0 Å². The molecule has 0 unspecified atom stereocenters. The zero-order valence-electron chi connectivity index (χ0n) is 15.4. The van der Waals surface area contributed by atoms with Crippen LogP contribution in [0.3, 0.4) is 0 Å². The molecule has 1 heterocycles. The fraction of sp³-hybridized carbons (Fsp3) is 0.238. The van der Waals surface area contributed by atoms with Gasteiger partial charge in [0.2, 0.25) is 5.95 Å². The number of benzene rings is 2. The lowest BCUT2D eigenvalue weighted by atomic mass is 10.1. The Bertz CT molecular complexity index is 879. The summed E-state index contributed by atoms with van der Waals surface area (Å²) in [6.07, 6.45) is 2.65. The quantitative estimate of drug-likeness (QED) is 0.658. The van der Waals surface area contributed by atoms with E-state index in [1.807, 2.05) is 18.2 Å². The zero-order valence-corrected chi connectivity index (χ0v) is 15.4. The summed E-state index contributed by atoms with van der Waals surface area (Å²) in [5.41, 5.74) is 4.61. The van der Waals surface area contributed by atoms with Crippen LogP contribution >= 0.6 is 0 Å². The number of methoxy groups -OCH3 is 1. The van der Waals surface area contributed by atoms with E-state index in [1.165, 1.54) is 11.1 Å². The molecule has 3 rings (SSSR count). The molecule has 134 valence electrons. The number of rotatable bonds is 7. The number of hydrogen-bond acceptors (Lipinski definition) is 5. The fourth-order valence-corrected chi connectivity index (χ4v) is 2.67. The molecular formula is C21H24N4O. The average Bonchev–Trinajstić information content (AvgIpc) is 2.65. The lowest BCUT2D eigenvalue weighted by molar-refractivity contribution is 0.414. The number of nitrogens with one attached hydrogen (secondary N) is 2. The first-order chi connectivity index (χ1) is 12.6. The van der Waals surface area contributed by atoms with Gasteiger partial charge in [0.25, 0.3) is 0 Å². The van der Waals surface area contributed by atoms with Gasteiger partial charge in [-0.05, 0) is 61.2 Å². The van der Waals surface area contributed by atoms with E-state index in [-0.39, 0.29) is 0 Å². The second-order valence-corrected chi connectivity index (χ2v) is 6.24. The maximum absolute atomic E-state index is 5.26. The summed E-state index contributed by atoms with van der Waals surface area (Å²) in [5.74, 6) is 2.27. The number of aromatic nitrogens is 2. The Morgan fingerprint density at radius 1 is 1.04 bits per heavy atom. The molecule has 2 aromatic carbocycles. The van der Waals surface area contributed by atoms with E-state index >= 15 is 0 Å². The number of nitrogens with zero attached hydrogens (tertiary/aromatic N) is 2. The Kier molecular flexibility index (Phi) is 5.69. The first-order valence-corrected chi connectivity index (χ1v) is 8.68. The van der Waals surface area contributed by atoms with Gasteiger partial charge in [-0.1, -0.05) is 24.3 Å². The van der Waals surface area contributed by atoms with Gasteiger partial charge in [-0.3, -0.25) is 0 Å². The summed E-state index contributed by atoms with van der Waals surface area (Å²) < 4.78 is 5.26. The Balaban J connectivity index is 1.61. The molecule has 1 aromatic heterocycles. The third kappa shape index (κ3) is 4.72. The molecule has 0 atom stereocenters. The maximum Gasteiger partial charge on any atom is 0.229 e. The fourth-order valence-electron chi connectivity index (χ4n) is 2.67. The van der Waals surface area contributed by atoms with Crippen molar-refractivity contribution in [2.24, 2.45) is 0 Å². The lowest BCUT2D eigenvalue weighted by Gasteiger charge is -2.11. The van der Waals surface area contributed by atoms with Crippen molar-refractivity contribution in [1.29, 1.82) is 0 Å². The topological polar surface area (TPSA) is 59.1 Å². The van der Waals surface area contributed by atoms with Crippen LogP contribution in [-0.2, 0) is 6.42 Å². The molecule has 0 aliphatic rings. The van der Waals surface area contributed by atoms with E-state index in [1.54, 1.807) is 13.3 Å². The standard InChI is InChI=1S/C21H24N4O/c1-15-7-8-16(2)19(13-15)24-21-23-12-10-20(25-21)22-11-9-17-5-4-6-18(14-17)26-3/h4-8,10,12-14H,9,11H2,1-3H3,(H2,22,23,24,25). The summed E-state index contributed by atoms with van der Waals surface area (Å²) in [4.78, 5) is 8.86. The Labute approximate surface area is 154 Å². The molecule has 0 aliphatic heterocycles. The summed E-state index contributed by atoms with van der Waals surface area (Å²) in [7, 11) is 1.68. The molecule has 3 aromatic rings. The molecule has 5 nitrogen and oxygen atoms in total. The molecule has 0 bridgehead atoms. The van der Waals surface area contributed by atoms with Gasteiger partial charge in [0.05, 0.1) is 7.11 Å². The van der Waals surface area contributed by atoms with Crippen LogP contribution in [0.1, 0.15) is 16.7 Å². The molecule has 0 saturated heterocycles. The van der Waals surface area contributed by atoms with Crippen molar-refractivity contribution >= 4 is 17.5 Å². The minimum absolute atomic E-state index is 0.588. The Morgan fingerprint density at radius 3 is 2.77 bits per heavy atom. The predicted molar refractivity (Wildman–Crippen MR) is 106 cm³/mol. The average molecular weight is 348 g/mol. The van der Waals surface area contributed by atoms with Crippen LogP contribution in [-0.4, -0.2) is 23.6 Å². The van der Waals surface area contributed by atoms with E-state index in [2.05, 4.69) is 64.8 Å². The van der Waals surface area contributed by atoms with Crippen LogP contribution in [0.25, 0.3) is 0 Å². The first kappa shape index (κ1) is 17.7. The molecule has 0 fully saturated rings. The van der Waals surface area contributed by atoms with Gasteiger partial charge in [0, 0.05) is 18.4 Å². The molecule has 5 heteroatoms. The van der Waals surface area contributed by atoms with Crippen LogP contribution in [0.5, 0.6) is 5.75 Å². The van der Waals surface area contributed by atoms with Crippen LogP contribution in [0.4, 0.5) is 17.5 Å². The summed E-state index contributed by atoms with van der Waals surface area (Å²) in [6, 6.07) is 16.3. The zero-order chi connectivity index (χ0) is 18.4. The number of hydrogen-bond donors (Lipinski definition) is 2. The first-order valence-electron chi connectivity index (χ1n) is 8.68. The van der Waals surface area contributed by atoms with Crippen LogP contribution in [0.2, 0.25) is 0 Å². The maximum atomic E-state index is 5.26. The van der Waals surface area contributed by atoms with E-state index in [0.717, 1.165) is 35.8 Å². The normalized spacial score (nSPS) is 10.4. The van der Waals surface area contributed by atoms with Gasteiger partial charge in [-0.25, -0.2) is 4.98 Å². The van der Waals surface area contributed by atoms with E-state index in [4.69, 9.17) is 4.74 Å². The van der Waals surface area contributed by atoms with Gasteiger partial charge in [0.1, 0.15) is 11.6 Å². The van der Waals surface area contributed by atoms with E-state index in [9.17, 15) is 0 Å². The van der Waals surface area contributed by atoms with Crippen LogP contribution in [0.15, 0.2) is 54.7 Å². The van der Waals surface area contributed by atoms with E-state index < -0.39 is 0 Å². The highest BCUT2D eigenvalue weighted by molar-refractivity contribution is 5.60. The molecule has 0 amide bonds. The van der Waals surface area contributed by atoms with Crippen molar-refractivity contribution < 1.29 is 4.74 Å².